The van der Waals surface area contributed by atoms with E-state index in [0.717, 1.165) is 41.2 Å². The lowest BCUT2D eigenvalue weighted by Crippen LogP contribution is -2.45. The second kappa shape index (κ2) is 7.52. The summed E-state index contributed by atoms with van der Waals surface area (Å²) < 4.78 is 28.4. The van der Waals surface area contributed by atoms with E-state index in [1.165, 1.54) is 0 Å². The van der Waals surface area contributed by atoms with Crippen LogP contribution in [0.4, 0.5) is 10.5 Å². The fraction of sp³-hybridized carbons (Fsp3) is 0.312. The Bertz CT molecular complexity index is 844. The molecule has 0 bridgehead atoms. The van der Waals surface area contributed by atoms with Crippen LogP contribution in [-0.4, -0.2) is 33.6 Å². The number of thiophene rings is 1. The Morgan fingerprint density at radius 3 is 2.68 bits per heavy atom. The molecule has 1 aromatic heterocycles. The number of primary amides is 1. The molecule has 0 spiro atoms. The van der Waals surface area contributed by atoms with E-state index in [-0.39, 0.29) is 15.9 Å². The van der Waals surface area contributed by atoms with E-state index in [4.69, 9.17) is 5.73 Å². The molecule has 7 nitrogen and oxygen atoms in total. The number of carbonyl (C=O) groups excluding carboxylic acids is 1. The lowest BCUT2D eigenvalue weighted by molar-refractivity contribution is 0.259. The number of piperidine rings is 1. The van der Waals surface area contributed by atoms with Crippen molar-refractivity contribution in [2.24, 2.45) is 5.73 Å². The van der Waals surface area contributed by atoms with Gasteiger partial charge in [0.25, 0.3) is 10.0 Å². The first-order chi connectivity index (χ1) is 12.0. The average molecular weight is 380 g/mol. The molecule has 1 aliphatic rings. The predicted octanol–water partition coefficient (Wildman–Crippen LogP) is 1.94. The predicted molar refractivity (Wildman–Crippen MR) is 99.2 cm³/mol. The zero-order valence-electron chi connectivity index (χ0n) is 13.5. The Balaban J connectivity index is 1.95. The second-order valence-electron chi connectivity index (χ2n) is 5.83. The first kappa shape index (κ1) is 17.9. The number of sulfonamides is 1. The van der Waals surface area contributed by atoms with Crippen LogP contribution in [0.25, 0.3) is 10.4 Å². The summed E-state index contributed by atoms with van der Waals surface area (Å²) in [5.74, 6) is 0. The van der Waals surface area contributed by atoms with Gasteiger partial charge in [-0.1, -0.05) is 30.3 Å². The molecule has 9 heteroatoms. The minimum atomic E-state index is -3.77. The first-order valence-electron chi connectivity index (χ1n) is 7.94. The van der Waals surface area contributed by atoms with Crippen LogP contribution >= 0.6 is 11.3 Å². The van der Waals surface area contributed by atoms with Crippen LogP contribution in [-0.2, 0) is 10.0 Å². The molecule has 1 atom stereocenters. The van der Waals surface area contributed by atoms with Crippen molar-refractivity contribution in [1.29, 1.82) is 0 Å². The molecule has 1 saturated heterocycles. The van der Waals surface area contributed by atoms with Crippen molar-refractivity contribution in [3.63, 3.8) is 0 Å². The first-order valence-corrected chi connectivity index (χ1v) is 10.2. The highest BCUT2D eigenvalue weighted by atomic mass is 32.2. The van der Waals surface area contributed by atoms with E-state index < -0.39 is 16.1 Å². The van der Waals surface area contributed by atoms with Crippen LogP contribution in [0.2, 0.25) is 0 Å². The Hall–Kier alpha value is -1.94. The summed E-state index contributed by atoms with van der Waals surface area (Å²) in [6.07, 6.45) is 1.70. The number of hydrogen-bond acceptors (Lipinski definition) is 5. The van der Waals surface area contributed by atoms with Crippen molar-refractivity contribution in [3.8, 4) is 10.4 Å². The zero-order valence-corrected chi connectivity index (χ0v) is 15.1. The maximum Gasteiger partial charge on any atom is 0.316 e. The van der Waals surface area contributed by atoms with Crippen LogP contribution < -0.4 is 21.1 Å². The van der Waals surface area contributed by atoms with Crippen LogP contribution in [0.1, 0.15) is 12.8 Å². The monoisotopic (exact) mass is 380 g/mol. The van der Waals surface area contributed by atoms with Gasteiger partial charge in [-0.05, 0) is 31.0 Å². The lowest BCUT2D eigenvalue weighted by Gasteiger charge is -2.23. The van der Waals surface area contributed by atoms with Gasteiger partial charge in [-0.2, -0.15) is 0 Å². The molecule has 1 aromatic carbocycles. The van der Waals surface area contributed by atoms with E-state index in [9.17, 15) is 13.2 Å². The Morgan fingerprint density at radius 1 is 1.28 bits per heavy atom. The largest absolute Gasteiger partial charge is 0.351 e. The molecule has 2 heterocycles. The molecule has 25 heavy (non-hydrogen) atoms. The fourth-order valence-electron chi connectivity index (χ4n) is 2.76. The third-order valence-corrected chi connectivity index (χ3v) is 7.12. The van der Waals surface area contributed by atoms with Gasteiger partial charge in [-0.25, -0.2) is 17.9 Å². The minimum absolute atomic E-state index is 0.0655. The minimum Gasteiger partial charge on any atom is -0.351 e. The lowest BCUT2D eigenvalue weighted by atomic mass is 10.1. The van der Waals surface area contributed by atoms with E-state index in [0.29, 0.717) is 6.54 Å². The number of amides is 2. The fourth-order valence-corrected chi connectivity index (χ4v) is 5.61. The number of rotatable bonds is 5. The molecular weight excluding hydrogens is 360 g/mol. The Morgan fingerprint density at radius 2 is 2.04 bits per heavy atom. The molecule has 0 aliphatic carbocycles. The second-order valence-corrected chi connectivity index (χ2v) is 8.79. The smallest absolute Gasteiger partial charge is 0.316 e. The summed E-state index contributed by atoms with van der Waals surface area (Å²) >= 11 is 1.11. The van der Waals surface area contributed by atoms with Crippen LogP contribution in [0, 0.1) is 0 Å². The van der Waals surface area contributed by atoms with Crippen molar-refractivity contribution in [2.45, 2.75) is 23.1 Å². The van der Waals surface area contributed by atoms with Crippen molar-refractivity contribution >= 4 is 33.1 Å². The normalized spacial score (nSPS) is 18.0. The Labute approximate surface area is 150 Å². The third-order valence-electron chi connectivity index (χ3n) is 3.88. The number of urea groups is 1. The summed E-state index contributed by atoms with van der Waals surface area (Å²) in [7, 11) is -3.77. The van der Waals surface area contributed by atoms with Gasteiger partial charge < -0.3 is 16.4 Å². The van der Waals surface area contributed by atoms with Gasteiger partial charge >= 0.3 is 6.03 Å². The Kier molecular flexibility index (Phi) is 5.38. The summed E-state index contributed by atoms with van der Waals surface area (Å²) in [6.45, 7) is 1.48. The van der Waals surface area contributed by atoms with Crippen molar-refractivity contribution in [2.75, 3.05) is 18.4 Å². The molecule has 2 aromatic rings. The number of hydrogen-bond donors (Lipinski definition) is 4. The molecule has 1 aliphatic heterocycles. The molecule has 0 unspecified atom stereocenters. The topological polar surface area (TPSA) is 113 Å². The maximum atomic E-state index is 12.8. The average Bonchev–Trinajstić information content (AvgIpc) is 3.00. The van der Waals surface area contributed by atoms with Crippen LogP contribution in [0.5, 0.6) is 0 Å². The van der Waals surface area contributed by atoms with E-state index in [2.05, 4.69) is 15.4 Å². The summed E-state index contributed by atoms with van der Waals surface area (Å²) in [5, 5.41) is 5.59. The highest BCUT2D eigenvalue weighted by Crippen LogP contribution is 2.37. The van der Waals surface area contributed by atoms with Gasteiger partial charge in [0.05, 0.1) is 5.69 Å². The van der Waals surface area contributed by atoms with Crippen LogP contribution in [0.3, 0.4) is 0 Å². The van der Waals surface area contributed by atoms with Gasteiger partial charge in [-0.15, -0.1) is 11.3 Å². The van der Waals surface area contributed by atoms with Crippen LogP contribution in [0.15, 0.2) is 40.6 Å². The van der Waals surface area contributed by atoms with E-state index in [1.54, 1.807) is 6.07 Å². The highest BCUT2D eigenvalue weighted by Gasteiger charge is 2.27. The number of nitrogens with two attached hydrogens (primary N) is 1. The number of anilines is 1. The summed E-state index contributed by atoms with van der Waals surface area (Å²) in [5.41, 5.74) is 6.28. The summed E-state index contributed by atoms with van der Waals surface area (Å²) in [4.78, 5) is 12.0. The quantitative estimate of drug-likeness (QED) is 0.635. The van der Waals surface area contributed by atoms with Crippen molar-refractivity contribution in [1.82, 2.24) is 10.0 Å². The molecule has 134 valence electrons. The molecule has 0 radical (unpaired) electrons. The van der Waals surface area contributed by atoms with Crippen molar-refractivity contribution in [3.05, 3.63) is 36.4 Å². The highest BCUT2D eigenvalue weighted by molar-refractivity contribution is 7.91. The standard InChI is InChI=1S/C16H20N4O3S2/c17-16(21)19-13-9-14(11-5-2-1-3-6-11)24-15(13)25(22,23)20-12-7-4-8-18-10-12/h1-3,5-6,9,12,18,20H,4,7-8,10H2,(H3,17,19,21)/t12-/m0/s1. The van der Waals surface area contributed by atoms with E-state index in [1.807, 2.05) is 30.3 Å². The van der Waals surface area contributed by atoms with Gasteiger partial charge in [0.15, 0.2) is 4.21 Å². The summed E-state index contributed by atoms with van der Waals surface area (Å²) in [6, 6.07) is 10.1. The van der Waals surface area contributed by atoms with Gasteiger partial charge in [0.1, 0.15) is 0 Å². The van der Waals surface area contributed by atoms with Gasteiger partial charge in [-0.3, -0.25) is 0 Å². The number of nitrogens with one attached hydrogen (secondary N) is 3. The molecule has 3 rings (SSSR count). The molecule has 2 amide bonds. The molecule has 0 saturated carbocycles. The number of carbonyl (C=O) groups is 1. The maximum absolute atomic E-state index is 12.8. The van der Waals surface area contributed by atoms with Gasteiger partial charge in [0.2, 0.25) is 0 Å². The zero-order chi connectivity index (χ0) is 17.9. The molecular formula is C16H20N4O3S2. The van der Waals surface area contributed by atoms with Gasteiger partial charge in [0, 0.05) is 17.5 Å². The SMILES string of the molecule is NC(=O)Nc1cc(-c2ccccc2)sc1S(=O)(=O)N[C@H]1CCCNC1. The molecule has 5 N–H and O–H groups in total. The van der Waals surface area contributed by atoms with Crippen molar-refractivity contribution < 1.29 is 13.2 Å². The molecule has 1 fully saturated rings. The number of benzene rings is 1. The third kappa shape index (κ3) is 4.37. The van der Waals surface area contributed by atoms with E-state index >= 15 is 0 Å².